The molecular formula is C24H24ClFN2O2. The number of aromatic hydroxyl groups is 1. The summed E-state index contributed by atoms with van der Waals surface area (Å²) in [6.07, 6.45) is 5.53. The van der Waals surface area contributed by atoms with Crippen LogP contribution in [0.2, 0.25) is 5.02 Å². The number of halogens is 2. The maximum absolute atomic E-state index is 13.8. The maximum atomic E-state index is 13.8. The van der Waals surface area contributed by atoms with Gasteiger partial charge in [0.2, 0.25) is 5.91 Å². The van der Waals surface area contributed by atoms with Gasteiger partial charge in [-0.05, 0) is 79.5 Å². The number of fused-ring (bicyclic) bond motifs is 1. The third-order valence-corrected chi connectivity index (χ3v) is 6.52. The Labute approximate surface area is 180 Å². The Morgan fingerprint density at radius 2 is 1.93 bits per heavy atom. The molecule has 0 radical (unpaired) electrons. The first-order valence-corrected chi connectivity index (χ1v) is 10.6. The summed E-state index contributed by atoms with van der Waals surface area (Å²) in [6.45, 7) is 1.94. The van der Waals surface area contributed by atoms with Gasteiger partial charge in [0.1, 0.15) is 11.6 Å². The lowest BCUT2D eigenvalue weighted by atomic mass is 9.73. The minimum Gasteiger partial charge on any atom is -0.506 e. The second-order valence-corrected chi connectivity index (χ2v) is 8.55. The van der Waals surface area contributed by atoms with Crippen molar-refractivity contribution in [3.63, 3.8) is 0 Å². The van der Waals surface area contributed by atoms with Gasteiger partial charge < -0.3 is 10.4 Å². The average molecular weight is 427 g/mol. The van der Waals surface area contributed by atoms with Crippen molar-refractivity contribution in [2.75, 3.05) is 5.32 Å². The number of phenolic OH excluding ortho intramolecular Hbond substituents is 1. The van der Waals surface area contributed by atoms with Crippen LogP contribution < -0.4 is 5.32 Å². The second kappa shape index (κ2) is 8.60. The zero-order valence-corrected chi connectivity index (χ0v) is 17.5. The van der Waals surface area contributed by atoms with Gasteiger partial charge >= 0.3 is 0 Å². The van der Waals surface area contributed by atoms with Crippen LogP contribution in [0, 0.1) is 17.7 Å². The Morgan fingerprint density at radius 3 is 2.67 bits per heavy atom. The molecule has 30 heavy (non-hydrogen) atoms. The number of aromatic nitrogens is 1. The molecule has 1 fully saturated rings. The summed E-state index contributed by atoms with van der Waals surface area (Å²) in [5, 5.41) is 14.1. The number of hydrogen-bond acceptors (Lipinski definition) is 3. The molecule has 4 rings (SSSR count). The molecule has 0 spiro atoms. The first-order chi connectivity index (χ1) is 14.4. The summed E-state index contributed by atoms with van der Waals surface area (Å²) >= 11 is 5.85. The highest BCUT2D eigenvalue weighted by molar-refractivity contribution is 6.30. The molecule has 0 bridgehead atoms. The van der Waals surface area contributed by atoms with E-state index in [-0.39, 0.29) is 29.3 Å². The number of benzene rings is 2. The van der Waals surface area contributed by atoms with Crippen LogP contribution in [0.25, 0.3) is 10.9 Å². The largest absolute Gasteiger partial charge is 0.506 e. The fourth-order valence-corrected chi connectivity index (χ4v) is 4.66. The van der Waals surface area contributed by atoms with Crippen LogP contribution in [0.3, 0.4) is 0 Å². The smallest absolute Gasteiger partial charge is 0.227 e. The molecule has 4 nitrogen and oxygen atoms in total. The van der Waals surface area contributed by atoms with Crippen molar-refractivity contribution >= 4 is 34.1 Å². The number of carbonyl (C=O) groups excluding carboxylic acids is 1. The van der Waals surface area contributed by atoms with E-state index < -0.39 is 0 Å². The third kappa shape index (κ3) is 4.26. The molecule has 1 amide bonds. The molecule has 1 aliphatic carbocycles. The first-order valence-electron chi connectivity index (χ1n) is 10.3. The number of amides is 1. The van der Waals surface area contributed by atoms with Crippen molar-refractivity contribution in [2.45, 2.75) is 38.5 Å². The summed E-state index contributed by atoms with van der Waals surface area (Å²) < 4.78 is 13.8. The molecule has 2 aromatic carbocycles. The summed E-state index contributed by atoms with van der Waals surface area (Å²) in [5.41, 5.74) is 2.32. The molecule has 1 saturated carbocycles. The molecule has 6 heteroatoms. The van der Waals surface area contributed by atoms with Gasteiger partial charge in [-0.2, -0.15) is 0 Å². The number of anilines is 1. The van der Waals surface area contributed by atoms with E-state index in [1.807, 2.05) is 13.0 Å². The molecule has 1 aromatic heterocycles. The number of nitrogens with zero attached hydrogens (tertiary/aromatic N) is 1. The van der Waals surface area contributed by atoms with Crippen LogP contribution in [0.15, 0.2) is 48.7 Å². The number of carbonyl (C=O) groups is 1. The van der Waals surface area contributed by atoms with Crippen LogP contribution in [0.4, 0.5) is 10.1 Å². The van der Waals surface area contributed by atoms with Crippen molar-refractivity contribution in [3.8, 4) is 5.75 Å². The highest BCUT2D eigenvalue weighted by Gasteiger charge is 2.30. The topological polar surface area (TPSA) is 62.2 Å². The van der Waals surface area contributed by atoms with E-state index in [4.69, 9.17) is 11.6 Å². The lowest BCUT2D eigenvalue weighted by molar-refractivity contribution is -0.121. The van der Waals surface area contributed by atoms with Gasteiger partial charge in [-0.1, -0.05) is 18.5 Å². The number of rotatable bonds is 4. The van der Waals surface area contributed by atoms with E-state index in [0.29, 0.717) is 16.6 Å². The van der Waals surface area contributed by atoms with Crippen molar-refractivity contribution in [2.24, 2.45) is 11.8 Å². The number of phenols is 1. The summed E-state index contributed by atoms with van der Waals surface area (Å²) in [7, 11) is 0. The first kappa shape index (κ1) is 20.6. The highest BCUT2D eigenvalue weighted by atomic mass is 35.5. The molecule has 1 aliphatic rings. The fourth-order valence-electron chi connectivity index (χ4n) is 4.50. The van der Waals surface area contributed by atoms with Gasteiger partial charge in [-0.25, -0.2) is 4.39 Å². The van der Waals surface area contributed by atoms with Crippen molar-refractivity contribution in [1.82, 2.24) is 4.98 Å². The molecule has 2 N–H and O–H groups in total. The minimum absolute atomic E-state index is 0.0384. The summed E-state index contributed by atoms with van der Waals surface area (Å²) in [6, 6.07) is 11.4. The van der Waals surface area contributed by atoms with Gasteiger partial charge in [-0.3, -0.25) is 9.78 Å². The Morgan fingerprint density at radius 1 is 1.17 bits per heavy atom. The molecule has 0 aliphatic heterocycles. The second-order valence-electron chi connectivity index (χ2n) is 8.11. The van der Waals surface area contributed by atoms with Crippen LogP contribution in [0.5, 0.6) is 5.75 Å². The quantitative estimate of drug-likeness (QED) is 0.482. The predicted molar refractivity (Wildman–Crippen MR) is 117 cm³/mol. The number of nitrogens with one attached hydrogen (secondary N) is 1. The number of hydrogen-bond donors (Lipinski definition) is 2. The normalized spacial score (nSPS) is 20.1. The fraction of sp³-hybridized carbons (Fsp3) is 0.333. The molecular weight excluding hydrogens is 403 g/mol. The Kier molecular flexibility index (Phi) is 5.91. The average Bonchev–Trinajstić information content (AvgIpc) is 2.75. The molecule has 0 saturated heterocycles. The van der Waals surface area contributed by atoms with E-state index in [2.05, 4.69) is 10.3 Å². The van der Waals surface area contributed by atoms with E-state index in [1.165, 1.54) is 12.1 Å². The maximum Gasteiger partial charge on any atom is 0.227 e. The van der Waals surface area contributed by atoms with Crippen LogP contribution in [-0.2, 0) is 4.79 Å². The monoisotopic (exact) mass is 426 g/mol. The van der Waals surface area contributed by atoms with Gasteiger partial charge in [0.25, 0.3) is 0 Å². The van der Waals surface area contributed by atoms with Crippen LogP contribution >= 0.6 is 11.6 Å². The summed E-state index contributed by atoms with van der Waals surface area (Å²) in [5.74, 6) is 0.0366. The molecule has 156 valence electrons. The molecule has 1 atom stereocenters. The lowest BCUT2D eigenvalue weighted by Gasteiger charge is -2.32. The zero-order valence-electron chi connectivity index (χ0n) is 16.7. The van der Waals surface area contributed by atoms with Gasteiger partial charge in [0.05, 0.1) is 11.2 Å². The molecule has 1 heterocycles. The van der Waals surface area contributed by atoms with E-state index in [0.717, 1.165) is 42.1 Å². The van der Waals surface area contributed by atoms with E-state index >= 15 is 0 Å². The highest BCUT2D eigenvalue weighted by Crippen LogP contribution is 2.41. The zero-order chi connectivity index (χ0) is 21.3. The van der Waals surface area contributed by atoms with Gasteiger partial charge in [-0.15, -0.1) is 0 Å². The van der Waals surface area contributed by atoms with Crippen molar-refractivity contribution in [1.29, 1.82) is 0 Å². The van der Waals surface area contributed by atoms with Crippen molar-refractivity contribution < 1.29 is 14.3 Å². The lowest BCUT2D eigenvalue weighted by Crippen LogP contribution is -2.29. The predicted octanol–water partition coefficient (Wildman–Crippen LogP) is 6.28. The Hall–Kier alpha value is -2.66. The standard InChI is InChI=1S/C24H24ClFN2O2/c1-14(24(30)28-22-8-6-17(25)12-23(22)29)15-2-4-16(5-3-15)19-10-11-27-21-9-7-18(26)13-20(19)21/h6-16,29H,2-5H2,1H3,(H,28,30)/t14-,15?,16?/m1/s1. The van der Waals surface area contributed by atoms with Crippen molar-refractivity contribution in [3.05, 3.63) is 65.1 Å². The third-order valence-electron chi connectivity index (χ3n) is 6.29. The molecule has 0 unspecified atom stereocenters. The summed E-state index contributed by atoms with van der Waals surface area (Å²) in [4.78, 5) is 17.1. The Balaban J connectivity index is 1.42. The van der Waals surface area contributed by atoms with Gasteiger partial charge in [0, 0.05) is 28.6 Å². The molecule has 3 aromatic rings. The Bertz CT molecular complexity index is 1080. The van der Waals surface area contributed by atoms with Crippen LogP contribution in [-0.4, -0.2) is 16.0 Å². The number of pyridine rings is 1. The SMILES string of the molecule is C[C@@H](C(=O)Nc1ccc(Cl)cc1O)C1CCC(c2ccnc3ccc(F)cc23)CC1. The van der Waals surface area contributed by atoms with E-state index in [9.17, 15) is 14.3 Å². The minimum atomic E-state index is -0.249. The van der Waals surface area contributed by atoms with Gasteiger partial charge in [0.15, 0.2) is 0 Å². The van der Waals surface area contributed by atoms with Crippen LogP contribution in [0.1, 0.15) is 44.1 Å². The van der Waals surface area contributed by atoms with E-state index in [1.54, 1.807) is 30.5 Å².